The molecule has 0 bridgehead atoms. The van der Waals surface area contributed by atoms with Gasteiger partial charge in [-0.05, 0) is 0 Å². The van der Waals surface area contributed by atoms with Crippen LogP contribution in [0.4, 0.5) is 16.4 Å². The summed E-state index contributed by atoms with van der Waals surface area (Å²) < 4.78 is 59.2. The Labute approximate surface area is 308 Å². The number of carbonyl (C=O) groups is 1. The van der Waals surface area contributed by atoms with E-state index in [2.05, 4.69) is 39.7 Å². The number of hydrogen-bond donors (Lipinski definition) is 6. The van der Waals surface area contributed by atoms with Gasteiger partial charge in [0.15, 0.2) is 40.8 Å². The number of nitrogens with zero attached hydrogens (tertiary/aromatic N) is 8. The molecule has 0 aromatic carbocycles. The van der Waals surface area contributed by atoms with Crippen LogP contribution in [0.5, 0.6) is 0 Å². The van der Waals surface area contributed by atoms with Crippen LogP contribution < -0.4 is 11.1 Å². The van der Waals surface area contributed by atoms with E-state index in [1.807, 2.05) is 0 Å². The smallest absolute Gasteiger partial charge is 0.448 e. The van der Waals surface area contributed by atoms with Crippen LogP contribution in [0.3, 0.4) is 0 Å². The van der Waals surface area contributed by atoms with Crippen molar-refractivity contribution >= 4 is 78.2 Å². The standard InChI is InChI=1S/C26H32N10O13P2S2/c1-12-19(49-51(43)46-7-14-17(38)18(39)25(48-14)36-10-32-15-20(27)28-8-30-22(15)36)13(6-37)47-24(12)35-11-33-16-21(29-9-31-23(16)35)34-26(40)44-2-4-52-53-5-3-45-50(41)42/h8-14,17-19,24-25,37-39H,2-7H2,1H3,(H2-2,27,28,29,30,31,34,40,41,42)/p+2. The summed E-state index contributed by atoms with van der Waals surface area (Å²) in [5, 5.41) is 34.0. The molecule has 6 rings (SSSR count). The van der Waals surface area contributed by atoms with E-state index in [1.165, 1.54) is 51.5 Å². The first-order valence-electron chi connectivity index (χ1n) is 15.7. The first kappa shape index (κ1) is 39.4. The number of rotatable bonds is 17. The van der Waals surface area contributed by atoms with Gasteiger partial charge >= 0.3 is 22.6 Å². The number of aliphatic hydroxyl groups excluding tert-OH is 3. The maximum Gasteiger partial charge on any atom is 0.697 e. The zero-order valence-corrected chi connectivity index (χ0v) is 30.9. The van der Waals surface area contributed by atoms with Gasteiger partial charge in [-0.2, -0.15) is 0 Å². The minimum Gasteiger partial charge on any atom is -0.448 e. The van der Waals surface area contributed by atoms with Crippen LogP contribution in [0.25, 0.3) is 22.3 Å². The highest BCUT2D eigenvalue weighted by Gasteiger charge is 2.50. The van der Waals surface area contributed by atoms with Crippen molar-refractivity contribution < 1.29 is 61.9 Å². The van der Waals surface area contributed by atoms with Gasteiger partial charge in [0.2, 0.25) is 0 Å². The molecule has 1 amide bonds. The number of amides is 1. The molecule has 7 N–H and O–H groups in total. The third-order valence-corrected chi connectivity index (χ3v) is 11.6. The summed E-state index contributed by atoms with van der Waals surface area (Å²) in [4.78, 5) is 45.9. The van der Waals surface area contributed by atoms with Crippen molar-refractivity contribution in [2.24, 2.45) is 5.92 Å². The van der Waals surface area contributed by atoms with Crippen molar-refractivity contribution in [1.82, 2.24) is 39.0 Å². The first-order chi connectivity index (χ1) is 25.6. The van der Waals surface area contributed by atoms with E-state index in [-0.39, 0.29) is 47.2 Å². The molecule has 6 heterocycles. The van der Waals surface area contributed by atoms with Crippen molar-refractivity contribution in [2.45, 2.75) is 49.9 Å². The number of imidazole rings is 2. The van der Waals surface area contributed by atoms with E-state index in [0.717, 1.165) is 0 Å². The van der Waals surface area contributed by atoms with Crippen LogP contribution >= 0.6 is 38.1 Å². The molecular formula is C26H34N10O13P2S2+2. The van der Waals surface area contributed by atoms with Gasteiger partial charge in [0, 0.05) is 26.6 Å². The van der Waals surface area contributed by atoms with Gasteiger partial charge in [0.1, 0.15) is 68.6 Å². The molecule has 286 valence electrons. The minimum absolute atomic E-state index is 0.0759. The monoisotopic (exact) mass is 820 g/mol. The van der Waals surface area contributed by atoms with Gasteiger partial charge in [0.05, 0.1) is 19.3 Å². The summed E-state index contributed by atoms with van der Waals surface area (Å²) in [6.45, 7) is 1.02. The summed E-state index contributed by atoms with van der Waals surface area (Å²) in [5.74, 6) is 0.597. The molecule has 2 fully saturated rings. The number of nitrogens with two attached hydrogens (primary N) is 1. The number of aliphatic hydroxyl groups is 3. The van der Waals surface area contributed by atoms with Gasteiger partial charge in [-0.3, -0.25) is 14.5 Å². The lowest BCUT2D eigenvalue weighted by molar-refractivity contribution is -0.0523. The molecule has 2 aliphatic heterocycles. The zero-order chi connectivity index (χ0) is 37.6. The van der Waals surface area contributed by atoms with Gasteiger partial charge in [-0.25, -0.2) is 34.7 Å². The molecule has 4 aromatic rings. The van der Waals surface area contributed by atoms with Crippen LogP contribution in [0, 0.1) is 5.92 Å². The zero-order valence-electron chi connectivity index (χ0n) is 27.5. The average Bonchev–Trinajstić information content (AvgIpc) is 3.90. The Morgan fingerprint density at radius 3 is 2.32 bits per heavy atom. The summed E-state index contributed by atoms with van der Waals surface area (Å²) in [6.07, 6.45) is -3.31. The van der Waals surface area contributed by atoms with E-state index >= 15 is 0 Å². The van der Waals surface area contributed by atoms with E-state index < -0.39 is 84.7 Å². The maximum absolute atomic E-state index is 13.0. The highest BCUT2D eigenvalue weighted by Crippen LogP contribution is 2.43. The summed E-state index contributed by atoms with van der Waals surface area (Å²) in [5.41, 5.74) is 6.91. The Kier molecular flexibility index (Phi) is 13.3. The largest absolute Gasteiger partial charge is 0.697 e. The Morgan fingerprint density at radius 2 is 1.58 bits per heavy atom. The molecule has 27 heteroatoms. The fourth-order valence-corrected chi connectivity index (χ4v) is 8.51. The second-order valence-corrected chi connectivity index (χ2v) is 15.7. The Balaban J connectivity index is 1.02. The van der Waals surface area contributed by atoms with E-state index in [4.69, 9.17) is 33.9 Å². The highest BCUT2D eigenvalue weighted by molar-refractivity contribution is 8.76. The molecule has 53 heavy (non-hydrogen) atoms. The van der Waals surface area contributed by atoms with Crippen LogP contribution in [-0.4, -0.2) is 134 Å². The Morgan fingerprint density at radius 1 is 0.925 bits per heavy atom. The Hall–Kier alpha value is -3.29. The van der Waals surface area contributed by atoms with Gasteiger partial charge in [0.25, 0.3) is 0 Å². The van der Waals surface area contributed by atoms with Gasteiger partial charge in [-0.15, -0.1) is 18.5 Å². The molecule has 2 saturated heterocycles. The predicted octanol–water partition coefficient (Wildman–Crippen LogP) is 1.05. The lowest BCUT2D eigenvalue weighted by Crippen LogP contribution is -2.33. The number of nitrogen functional groups attached to an aromatic ring is 1. The van der Waals surface area contributed by atoms with Crippen LogP contribution in [0.1, 0.15) is 19.4 Å². The fraction of sp³-hybridized carbons (Fsp3) is 0.577. The predicted molar refractivity (Wildman–Crippen MR) is 185 cm³/mol. The molecule has 23 nitrogen and oxygen atoms in total. The van der Waals surface area contributed by atoms with Gasteiger partial charge < -0.3 is 35.3 Å². The third-order valence-electron chi connectivity index (χ3n) is 8.08. The normalized spacial score (nSPS) is 26.4. The molecule has 10 unspecified atom stereocenters. The fourth-order valence-electron chi connectivity index (χ4n) is 5.63. The van der Waals surface area contributed by atoms with Crippen molar-refractivity contribution in [1.29, 1.82) is 0 Å². The second kappa shape index (κ2) is 17.9. The number of aromatic nitrogens is 8. The van der Waals surface area contributed by atoms with Crippen molar-refractivity contribution in [2.75, 3.05) is 49.0 Å². The second-order valence-electron chi connectivity index (χ2n) is 11.3. The van der Waals surface area contributed by atoms with Crippen molar-refractivity contribution in [3.63, 3.8) is 0 Å². The molecule has 2 aliphatic rings. The van der Waals surface area contributed by atoms with Crippen LogP contribution in [0.2, 0.25) is 0 Å². The molecule has 0 aliphatic carbocycles. The number of ether oxygens (including phenoxy) is 3. The number of nitrogens with one attached hydrogen (secondary N) is 1. The third kappa shape index (κ3) is 8.99. The van der Waals surface area contributed by atoms with Gasteiger partial charge in [-0.1, -0.05) is 28.5 Å². The Bertz CT molecular complexity index is 1930. The summed E-state index contributed by atoms with van der Waals surface area (Å²) >= 11 is 0. The van der Waals surface area contributed by atoms with Crippen LogP contribution in [0.15, 0.2) is 25.3 Å². The SMILES string of the molecule is CC1C(O[P+](=O)OCC2OC(n3cnc4c(N)ncnc43)C(O)C2O)C(CO)OC1n1cnc2c(NC(=O)OCCSSCCO[P+](=O)O)ncnc21. The van der Waals surface area contributed by atoms with Crippen LogP contribution in [-0.2, 0) is 36.9 Å². The van der Waals surface area contributed by atoms with E-state index in [1.54, 1.807) is 11.5 Å². The van der Waals surface area contributed by atoms with Crippen molar-refractivity contribution in [3.05, 3.63) is 25.3 Å². The topological polar surface area (TPSA) is 313 Å². The average molecular weight is 821 g/mol. The minimum atomic E-state index is -2.84. The molecule has 4 aromatic heterocycles. The highest BCUT2D eigenvalue weighted by atomic mass is 33.1. The number of anilines is 2. The summed E-state index contributed by atoms with van der Waals surface area (Å²) in [7, 11) is -2.68. The number of hydrogen-bond acceptors (Lipinski definition) is 21. The quantitative estimate of drug-likeness (QED) is 0.0492. The number of fused-ring (bicyclic) bond motifs is 2. The molecular weight excluding hydrogens is 786 g/mol. The lowest BCUT2D eigenvalue weighted by Gasteiger charge is -2.17. The van der Waals surface area contributed by atoms with E-state index in [0.29, 0.717) is 11.5 Å². The molecule has 10 atom stereocenters. The molecule has 0 radical (unpaired) electrons. The maximum atomic E-state index is 13.0. The summed E-state index contributed by atoms with van der Waals surface area (Å²) in [6, 6.07) is 0. The molecule has 0 saturated carbocycles. The number of carbonyl (C=O) groups excluding carboxylic acids is 1. The lowest BCUT2D eigenvalue weighted by atomic mass is 10.0. The molecule has 0 spiro atoms. The first-order valence-corrected chi connectivity index (χ1v) is 20.4. The van der Waals surface area contributed by atoms with E-state index in [9.17, 15) is 29.2 Å². The van der Waals surface area contributed by atoms with Crippen molar-refractivity contribution in [3.8, 4) is 0 Å².